The molecule has 0 aromatic carbocycles. The second-order valence-electron chi connectivity index (χ2n) is 4.19. The first-order chi connectivity index (χ1) is 8.60. The number of anilines is 3. The third kappa shape index (κ3) is 2.53. The van der Waals surface area contributed by atoms with Gasteiger partial charge in [0, 0.05) is 24.4 Å². The van der Waals surface area contributed by atoms with Crippen molar-refractivity contribution in [3.63, 3.8) is 0 Å². The fourth-order valence-corrected chi connectivity index (χ4v) is 1.48. The van der Waals surface area contributed by atoms with E-state index in [1.54, 1.807) is 19.2 Å². The van der Waals surface area contributed by atoms with Gasteiger partial charge in [-0.05, 0) is 19.9 Å². The van der Waals surface area contributed by atoms with Gasteiger partial charge in [0.25, 0.3) is 0 Å². The zero-order chi connectivity index (χ0) is 13.1. The summed E-state index contributed by atoms with van der Waals surface area (Å²) in [5.74, 6) is 1.76. The van der Waals surface area contributed by atoms with Gasteiger partial charge in [-0.3, -0.25) is 4.68 Å². The van der Waals surface area contributed by atoms with E-state index in [0.717, 1.165) is 0 Å². The number of aromatic nitrogens is 3. The number of nitrogens with one attached hydrogen (secondary N) is 1. The lowest BCUT2D eigenvalue weighted by molar-refractivity contribution is 0.398. The molecule has 0 saturated carbocycles. The lowest BCUT2D eigenvalue weighted by Gasteiger charge is -2.08. The molecule has 2 aromatic heterocycles. The summed E-state index contributed by atoms with van der Waals surface area (Å²) in [4.78, 5) is 4.23. The van der Waals surface area contributed by atoms with Gasteiger partial charge in [0.1, 0.15) is 0 Å². The number of pyridine rings is 1. The molecule has 2 heterocycles. The minimum Gasteiger partial charge on any atom is -0.481 e. The summed E-state index contributed by atoms with van der Waals surface area (Å²) in [6, 6.07) is 5.65. The zero-order valence-electron chi connectivity index (χ0n) is 10.7. The van der Waals surface area contributed by atoms with E-state index in [-0.39, 0.29) is 0 Å². The van der Waals surface area contributed by atoms with Crippen LogP contribution < -0.4 is 15.8 Å². The van der Waals surface area contributed by atoms with Crippen molar-refractivity contribution < 1.29 is 4.74 Å². The monoisotopic (exact) mass is 247 g/mol. The Balaban J connectivity index is 2.22. The number of methoxy groups -OCH3 is 1. The summed E-state index contributed by atoms with van der Waals surface area (Å²) in [6.45, 7) is 4.13. The van der Waals surface area contributed by atoms with Gasteiger partial charge in [0.05, 0.1) is 12.8 Å². The lowest BCUT2D eigenvalue weighted by Crippen LogP contribution is -2.04. The number of nitrogens with two attached hydrogens (primary N) is 1. The van der Waals surface area contributed by atoms with Crippen molar-refractivity contribution in [2.45, 2.75) is 19.9 Å². The van der Waals surface area contributed by atoms with Crippen molar-refractivity contribution in [1.82, 2.24) is 14.8 Å². The third-order valence-corrected chi connectivity index (χ3v) is 2.49. The Morgan fingerprint density at radius 2 is 2.11 bits per heavy atom. The molecule has 0 saturated heterocycles. The van der Waals surface area contributed by atoms with E-state index in [0.29, 0.717) is 29.2 Å². The molecule has 0 amide bonds. The fraction of sp³-hybridized carbons (Fsp3) is 0.333. The fourth-order valence-electron chi connectivity index (χ4n) is 1.48. The van der Waals surface area contributed by atoms with E-state index in [2.05, 4.69) is 29.2 Å². The standard InChI is InChI=1S/C12H17N5O/c1-8(2)17-7-6-10(16-17)14-12-9(13)4-5-11(15-12)18-3/h4-8H,13H2,1-3H3,(H,14,15,16). The number of rotatable bonds is 4. The summed E-state index contributed by atoms with van der Waals surface area (Å²) in [6.07, 6.45) is 1.91. The van der Waals surface area contributed by atoms with Crippen LogP contribution in [-0.2, 0) is 0 Å². The first kappa shape index (κ1) is 12.2. The normalized spacial score (nSPS) is 10.7. The number of nitrogen functional groups attached to an aromatic ring is 1. The van der Waals surface area contributed by atoms with Crippen LogP contribution in [0.5, 0.6) is 5.88 Å². The first-order valence-electron chi connectivity index (χ1n) is 5.73. The molecule has 0 bridgehead atoms. The van der Waals surface area contributed by atoms with Gasteiger partial charge in [0.2, 0.25) is 5.88 Å². The van der Waals surface area contributed by atoms with E-state index < -0.39 is 0 Å². The Morgan fingerprint density at radius 1 is 1.33 bits per heavy atom. The molecular weight excluding hydrogens is 230 g/mol. The Bertz CT molecular complexity index is 535. The highest BCUT2D eigenvalue weighted by Gasteiger charge is 2.07. The quantitative estimate of drug-likeness (QED) is 0.866. The summed E-state index contributed by atoms with van der Waals surface area (Å²) in [5, 5.41) is 7.44. The van der Waals surface area contributed by atoms with Crippen LogP contribution in [0.1, 0.15) is 19.9 Å². The molecule has 6 nitrogen and oxygen atoms in total. The maximum atomic E-state index is 5.84. The molecule has 0 aliphatic heterocycles. The van der Waals surface area contributed by atoms with E-state index >= 15 is 0 Å². The largest absolute Gasteiger partial charge is 0.481 e. The topological polar surface area (TPSA) is 78.0 Å². The van der Waals surface area contributed by atoms with Crippen LogP contribution in [0, 0.1) is 0 Å². The molecule has 6 heteroatoms. The summed E-state index contributed by atoms with van der Waals surface area (Å²) in [7, 11) is 1.57. The SMILES string of the molecule is COc1ccc(N)c(Nc2ccn(C(C)C)n2)n1. The van der Waals surface area contributed by atoms with Crippen LogP contribution in [0.15, 0.2) is 24.4 Å². The number of ether oxygens (including phenoxy) is 1. The lowest BCUT2D eigenvalue weighted by atomic mass is 10.4. The molecular formula is C12H17N5O. The maximum Gasteiger partial charge on any atom is 0.215 e. The molecule has 96 valence electrons. The minimum absolute atomic E-state index is 0.316. The van der Waals surface area contributed by atoms with Gasteiger partial charge in [-0.1, -0.05) is 0 Å². The molecule has 0 unspecified atom stereocenters. The molecule has 0 aliphatic rings. The van der Waals surface area contributed by atoms with Crippen LogP contribution >= 0.6 is 0 Å². The van der Waals surface area contributed by atoms with E-state index in [4.69, 9.17) is 10.5 Å². The molecule has 2 aromatic rings. The average molecular weight is 247 g/mol. The van der Waals surface area contributed by atoms with Gasteiger partial charge in [-0.2, -0.15) is 10.1 Å². The average Bonchev–Trinajstić information content (AvgIpc) is 2.81. The molecule has 18 heavy (non-hydrogen) atoms. The van der Waals surface area contributed by atoms with Crippen molar-refractivity contribution in [1.29, 1.82) is 0 Å². The number of hydrogen-bond donors (Lipinski definition) is 2. The highest BCUT2D eigenvalue weighted by atomic mass is 16.5. The Hall–Kier alpha value is -2.24. The number of hydrogen-bond acceptors (Lipinski definition) is 5. The van der Waals surface area contributed by atoms with Crippen LogP contribution in [-0.4, -0.2) is 21.9 Å². The second kappa shape index (κ2) is 4.95. The highest BCUT2D eigenvalue weighted by Crippen LogP contribution is 2.23. The van der Waals surface area contributed by atoms with E-state index in [1.807, 2.05) is 16.9 Å². The maximum absolute atomic E-state index is 5.84. The Kier molecular flexibility index (Phi) is 3.36. The van der Waals surface area contributed by atoms with Gasteiger partial charge in [0.15, 0.2) is 11.6 Å². The van der Waals surface area contributed by atoms with E-state index in [9.17, 15) is 0 Å². The summed E-state index contributed by atoms with van der Waals surface area (Å²) < 4.78 is 6.92. The minimum atomic E-state index is 0.316. The molecule has 0 atom stereocenters. The predicted molar refractivity (Wildman–Crippen MR) is 71.1 cm³/mol. The van der Waals surface area contributed by atoms with Gasteiger partial charge in [-0.15, -0.1) is 0 Å². The van der Waals surface area contributed by atoms with Crippen molar-refractivity contribution in [3.05, 3.63) is 24.4 Å². The van der Waals surface area contributed by atoms with Crippen molar-refractivity contribution in [2.75, 3.05) is 18.2 Å². The first-order valence-corrected chi connectivity index (χ1v) is 5.73. The van der Waals surface area contributed by atoms with Gasteiger partial charge in [-0.25, -0.2) is 0 Å². The third-order valence-electron chi connectivity index (χ3n) is 2.49. The van der Waals surface area contributed by atoms with Crippen molar-refractivity contribution in [3.8, 4) is 5.88 Å². The Morgan fingerprint density at radius 3 is 2.72 bits per heavy atom. The second-order valence-corrected chi connectivity index (χ2v) is 4.19. The molecule has 0 fully saturated rings. The van der Waals surface area contributed by atoms with Crippen molar-refractivity contribution >= 4 is 17.3 Å². The number of nitrogens with zero attached hydrogens (tertiary/aromatic N) is 3. The Labute approximate surface area is 106 Å². The highest BCUT2D eigenvalue weighted by molar-refractivity contribution is 5.67. The van der Waals surface area contributed by atoms with Gasteiger partial charge >= 0.3 is 0 Å². The molecule has 0 spiro atoms. The smallest absolute Gasteiger partial charge is 0.215 e. The zero-order valence-corrected chi connectivity index (χ0v) is 10.7. The molecule has 0 aliphatic carbocycles. The summed E-state index contributed by atoms with van der Waals surface area (Å²) in [5.41, 5.74) is 6.39. The van der Waals surface area contributed by atoms with Gasteiger partial charge < -0.3 is 15.8 Å². The van der Waals surface area contributed by atoms with Crippen LogP contribution in [0.25, 0.3) is 0 Å². The molecule has 2 rings (SSSR count). The van der Waals surface area contributed by atoms with E-state index in [1.165, 1.54) is 0 Å². The van der Waals surface area contributed by atoms with Crippen molar-refractivity contribution in [2.24, 2.45) is 0 Å². The van der Waals surface area contributed by atoms with Crippen LogP contribution in [0.4, 0.5) is 17.3 Å². The van der Waals surface area contributed by atoms with Crippen LogP contribution in [0.2, 0.25) is 0 Å². The molecule has 0 radical (unpaired) electrons. The summed E-state index contributed by atoms with van der Waals surface area (Å²) >= 11 is 0. The predicted octanol–water partition coefficient (Wildman–Crippen LogP) is 2.19. The van der Waals surface area contributed by atoms with Crippen LogP contribution in [0.3, 0.4) is 0 Å². The molecule has 3 N–H and O–H groups in total.